The highest BCUT2D eigenvalue weighted by Crippen LogP contribution is 2.26. The van der Waals surface area contributed by atoms with Gasteiger partial charge in [0.2, 0.25) is 0 Å². The number of hydrogen-bond donors (Lipinski definition) is 1. The summed E-state index contributed by atoms with van der Waals surface area (Å²) in [5.74, 6) is 0.815. The third-order valence-corrected chi connectivity index (χ3v) is 2.47. The predicted octanol–water partition coefficient (Wildman–Crippen LogP) is -0.219. The molecule has 14 heavy (non-hydrogen) atoms. The Hall–Kier alpha value is -1.54. The van der Waals surface area contributed by atoms with Crippen molar-refractivity contribution in [2.24, 2.45) is 7.05 Å². The van der Waals surface area contributed by atoms with Crippen molar-refractivity contribution in [2.45, 2.75) is 13.0 Å². The van der Waals surface area contributed by atoms with Gasteiger partial charge < -0.3 is 10.0 Å². The van der Waals surface area contributed by atoms with Crippen molar-refractivity contribution in [1.82, 2.24) is 9.78 Å². The smallest absolute Gasteiger partial charge is 0.145 e. The van der Waals surface area contributed by atoms with E-state index >= 15 is 0 Å². The first-order chi connectivity index (χ1) is 6.63. The Balaban J connectivity index is 2.37. The number of nitriles is 1. The lowest BCUT2D eigenvalue weighted by Crippen LogP contribution is -2.51. The standard InChI is InChI=1S/C9H12N4O/c1-6-8(3-10)9(12(2)11-6)13-4-7(14)5-13/h7,14H,4-5H2,1-2H3. The molecule has 0 spiro atoms. The summed E-state index contributed by atoms with van der Waals surface area (Å²) in [5.41, 5.74) is 1.35. The fourth-order valence-corrected chi connectivity index (χ4v) is 1.77. The maximum absolute atomic E-state index is 9.19. The fourth-order valence-electron chi connectivity index (χ4n) is 1.77. The first-order valence-electron chi connectivity index (χ1n) is 4.50. The van der Waals surface area contributed by atoms with Crippen LogP contribution >= 0.6 is 0 Å². The Morgan fingerprint density at radius 2 is 2.21 bits per heavy atom. The lowest BCUT2D eigenvalue weighted by atomic mass is 10.1. The topological polar surface area (TPSA) is 65.1 Å². The molecule has 74 valence electrons. The molecule has 0 aromatic carbocycles. The van der Waals surface area contributed by atoms with Crippen molar-refractivity contribution >= 4 is 5.82 Å². The van der Waals surface area contributed by atoms with E-state index < -0.39 is 0 Å². The average molecular weight is 192 g/mol. The molecule has 5 nitrogen and oxygen atoms in total. The SMILES string of the molecule is Cc1nn(C)c(N2CC(O)C2)c1C#N. The number of aliphatic hydroxyl groups is 1. The molecule has 1 N–H and O–H groups in total. The molecule has 1 aromatic rings. The highest BCUT2D eigenvalue weighted by atomic mass is 16.3. The maximum atomic E-state index is 9.19. The molecule has 0 saturated carbocycles. The molecule has 0 amide bonds. The highest BCUT2D eigenvalue weighted by molar-refractivity contribution is 5.58. The molecule has 0 atom stereocenters. The summed E-state index contributed by atoms with van der Waals surface area (Å²) >= 11 is 0. The van der Waals surface area contributed by atoms with Gasteiger partial charge in [0.25, 0.3) is 0 Å². The molecular formula is C9H12N4O. The van der Waals surface area contributed by atoms with Gasteiger partial charge in [0.15, 0.2) is 0 Å². The van der Waals surface area contributed by atoms with Gasteiger partial charge in [0.05, 0.1) is 11.8 Å². The van der Waals surface area contributed by atoms with Crippen molar-refractivity contribution in [2.75, 3.05) is 18.0 Å². The molecule has 2 rings (SSSR count). The van der Waals surface area contributed by atoms with Crippen molar-refractivity contribution in [1.29, 1.82) is 5.26 Å². The number of aliphatic hydroxyl groups excluding tert-OH is 1. The minimum Gasteiger partial charge on any atom is -0.389 e. The average Bonchev–Trinajstić information content (AvgIpc) is 2.35. The Kier molecular flexibility index (Phi) is 1.93. The number of aromatic nitrogens is 2. The van der Waals surface area contributed by atoms with E-state index in [4.69, 9.17) is 5.26 Å². The van der Waals surface area contributed by atoms with Crippen molar-refractivity contribution < 1.29 is 5.11 Å². The molecule has 0 bridgehead atoms. The van der Waals surface area contributed by atoms with Gasteiger partial charge in [-0.1, -0.05) is 0 Å². The Morgan fingerprint density at radius 3 is 2.71 bits per heavy atom. The van der Waals surface area contributed by atoms with Crippen LogP contribution < -0.4 is 4.90 Å². The van der Waals surface area contributed by atoms with E-state index in [0.29, 0.717) is 18.7 Å². The lowest BCUT2D eigenvalue weighted by molar-refractivity contribution is 0.140. The zero-order valence-corrected chi connectivity index (χ0v) is 8.23. The van der Waals surface area contributed by atoms with E-state index in [1.165, 1.54) is 0 Å². The molecule has 5 heteroatoms. The van der Waals surface area contributed by atoms with Crippen LogP contribution in [-0.4, -0.2) is 34.1 Å². The molecule has 1 fully saturated rings. The van der Waals surface area contributed by atoms with Gasteiger partial charge in [-0.05, 0) is 6.92 Å². The van der Waals surface area contributed by atoms with Crippen molar-refractivity contribution in [3.63, 3.8) is 0 Å². The fraction of sp³-hybridized carbons (Fsp3) is 0.556. The number of rotatable bonds is 1. The van der Waals surface area contributed by atoms with Crippen LogP contribution in [0.1, 0.15) is 11.3 Å². The van der Waals surface area contributed by atoms with Crippen LogP contribution in [-0.2, 0) is 7.05 Å². The summed E-state index contributed by atoms with van der Waals surface area (Å²) in [7, 11) is 1.81. The van der Waals surface area contributed by atoms with Gasteiger partial charge >= 0.3 is 0 Å². The Labute approximate surface area is 82.2 Å². The van der Waals surface area contributed by atoms with Gasteiger partial charge in [-0.3, -0.25) is 4.68 Å². The van der Waals surface area contributed by atoms with Gasteiger partial charge in [0, 0.05) is 20.1 Å². The normalized spacial score (nSPS) is 16.6. The summed E-state index contributed by atoms with van der Waals surface area (Å²) < 4.78 is 1.69. The van der Waals surface area contributed by atoms with Crippen molar-refractivity contribution in [3.05, 3.63) is 11.3 Å². The summed E-state index contributed by atoms with van der Waals surface area (Å²) in [5, 5.41) is 22.3. The molecule has 0 unspecified atom stereocenters. The van der Waals surface area contributed by atoms with Crippen LogP contribution in [0, 0.1) is 18.3 Å². The minimum absolute atomic E-state index is 0.267. The number of anilines is 1. The van der Waals surface area contributed by atoms with Crippen LogP contribution in [0.25, 0.3) is 0 Å². The first-order valence-corrected chi connectivity index (χ1v) is 4.50. The van der Waals surface area contributed by atoms with E-state index in [9.17, 15) is 5.11 Å². The molecule has 0 aliphatic carbocycles. The summed E-state index contributed by atoms with van der Waals surface area (Å²) in [6, 6.07) is 2.14. The third-order valence-electron chi connectivity index (χ3n) is 2.47. The monoisotopic (exact) mass is 192 g/mol. The van der Waals surface area contributed by atoms with Gasteiger partial charge in [-0.2, -0.15) is 10.4 Å². The Bertz CT molecular complexity index is 398. The summed E-state index contributed by atoms with van der Waals surface area (Å²) in [4.78, 5) is 1.96. The van der Waals surface area contributed by atoms with E-state index in [2.05, 4.69) is 11.2 Å². The molecule has 1 aliphatic rings. The minimum atomic E-state index is -0.267. The van der Waals surface area contributed by atoms with Crippen LogP contribution in [0.15, 0.2) is 0 Å². The third kappa shape index (κ3) is 1.16. The number of β-amino-alcohol motifs (C(OH)–C–C–N with tert-alkyl or cyclic N) is 1. The molecule has 1 aliphatic heterocycles. The molecule has 2 heterocycles. The van der Waals surface area contributed by atoms with Gasteiger partial charge in [0.1, 0.15) is 17.5 Å². The molecule has 1 saturated heterocycles. The zero-order chi connectivity index (χ0) is 10.3. The van der Waals surface area contributed by atoms with Gasteiger partial charge in [-0.15, -0.1) is 0 Å². The second-order valence-corrected chi connectivity index (χ2v) is 3.58. The largest absolute Gasteiger partial charge is 0.389 e. The van der Waals surface area contributed by atoms with Crippen molar-refractivity contribution in [3.8, 4) is 6.07 Å². The van der Waals surface area contributed by atoms with E-state index in [-0.39, 0.29) is 6.10 Å². The Morgan fingerprint density at radius 1 is 1.57 bits per heavy atom. The van der Waals surface area contributed by atoms with Gasteiger partial charge in [-0.25, -0.2) is 0 Å². The highest BCUT2D eigenvalue weighted by Gasteiger charge is 2.29. The van der Waals surface area contributed by atoms with Crippen LogP contribution in [0.3, 0.4) is 0 Å². The van der Waals surface area contributed by atoms with Crippen LogP contribution in [0.4, 0.5) is 5.82 Å². The zero-order valence-electron chi connectivity index (χ0n) is 8.23. The number of nitrogens with zero attached hydrogens (tertiary/aromatic N) is 4. The number of hydrogen-bond acceptors (Lipinski definition) is 4. The summed E-state index contributed by atoms with van der Waals surface area (Å²) in [6.07, 6.45) is -0.267. The van der Waals surface area contributed by atoms with Crippen LogP contribution in [0.2, 0.25) is 0 Å². The maximum Gasteiger partial charge on any atom is 0.145 e. The second-order valence-electron chi connectivity index (χ2n) is 3.58. The predicted molar refractivity (Wildman–Crippen MR) is 50.9 cm³/mol. The molecule has 0 radical (unpaired) electrons. The van der Waals surface area contributed by atoms with E-state index in [0.717, 1.165) is 11.5 Å². The quantitative estimate of drug-likeness (QED) is 0.668. The molecule has 1 aromatic heterocycles. The first kappa shape index (κ1) is 9.03. The molecular weight excluding hydrogens is 180 g/mol. The summed E-state index contributed by atoms with van der Waals surface area (Å²) in [6.45, 7) is 3.00. The van der Waals surface area contributed by atoms with E-state index in [1.807, 2.05) is 18.9 Å². The lowest BCUT2D eigenvalue weighted by Gasteiger charge is -2.37. The number of aryl methyl sites for hydroxylation is 2. The van der Waals surface area contributed by atoms with Crippen LogP contribution in [0.5, 0.6) is 0 Å². The van der Waals surface area contributed by atoms with E-state index in [1.54, 1.807) is 4.68 Å². The second kappa shape index (κ2) is 3.00.